The van der Waals surface area contributed by atoms with Crippen molar-refractivity contribution >= 4 is 28.3 Å². The van der Waals surface area contributed by atoms with Crippen molar-refractivity contribution in [3.05, 3.63) is 34.9 Å². The summed E-state index contributed by atoms with van der Waals surface area (Å²) in [5.74, 6) is 0.687. The summed E-state index contributed by atoms with van der Waals surface area (Å²) >= 11 is 5.98. The van der Waals surface area contributed by atoms with Crippen LogP contribution in [0, 0.1) is 6.92 Å². The van der Waals surface area contributed by atoms with Crippen molar-refractivity contribution in [2.24, 2.45) is 0 Å². The van der Waals surface area contributed by atoms with Crippen LogP contribution in [0.1, 0.15) is 5.56 Å². The summed E-state index contributed by atoms with van der Waals surface area (Å²) in [4.78, 5) is 6.28. The minimum Gasteiger partial charge on any atom is -0.388 e. The van der Waals surface area contributed by atoms with Gasteiger partial charge in [0.15, 0.2) is 0 Å². The first-order valence-corrected chi connectivity index (χ1v) is 6.56. The molecule has 0 spiro atoms. The molecular formula is C14H14ClFN2O. The Bertz CT molecular complexity index is 624. The number of aliphatic hydroxyl groups is 1. The molecule has 0 bridgehead atoms. The first-order valence-electron chi connectivity index (χ1n) is 6.18. The SMILES string of the molecule is Cc1cc(N2C[C@@H](O)[C@H](F)C2)nc2cc(Cl)ccc12. The van der Waals surface area contributed by atoms with E-state index >= 15 is 0 Å². The predicted molar refractivity (Wildman–Crippen MR) is 74.6 cm³/mol. The highest BCUT2D eigenvalue weighted by Crippen LogP contribution is 2.27. The monoisotopic (exact) mass is 280 g/mol. The van der Waals surface area contributed by atoms with Crippen LogP contribution in [0.5, 0.6) is 0 Å². The first-order chi connectivity index (χ1) is 9.04. The fourth-order valence-electron chi connectivity index (χ4n) is 2.45. The van der Waals surface area contributed by atoms with Crippen molar-refractivity contribution < 1.29 is 9.50 Å². The number of fused-ring (bicyclic) bond motifs is 1. The van der Waals surface area contributed by atoms with Crippen LogP contribution in [-0.2, 0) is 0 Å². The Hall–Kier alpha value is -1.39. The number of anilines is 1. The molecule has 0 radical (unpaired) electrons. The molecule has 2 aromatic rings. The molecule has 19 heavy (non-hydrogen) atoms. The van der Waals surface area contributed by atoms with Crippen molar-refractivity contribution in [3.8, 4) is 0 Å². The van der Waals surface area contributed by atoms with E-state index in [-0.39, 0.29) is 13.1 Å². The molecule has 5 heteroatoms. The molecule has 3 rings (SSSR count). The lowest BCUT2D eigenvalue weighted by molar-refractivity contribution is 0.118. The molecule has 0 unspecified atom stereocenters. The number of hydrogen-bond acceptors (Lipinski definition) is 3. The number of benzene rings is 1. The van der Waals surface area contributed by atoms with Gasteiger partial charge in [-0.1, -0.05) is 17.7 Å². The van der Waals surface area contributed by atoms with Crippen LogP contribution in [0.2, 0.25) is 5.02 Å². The molecule has 1 aliphatic heterocycles. The molecule has 1 N–H and O–H groups in total. The quantitative estimate of drug-likeness (QED) is 0.873. The van der Waals surface area contributed by atoms with E-state index in [9.17, 15) is 9.50 Å². The average Bonchev–Trinajstić information content (AvgIpc) is 2.69. The average molecular weight is 281 g/mol. The van der Waals surface area contributed by atoms with Gasteiger partial charge in [0.25, 0.3) is 0 Å². The summed E-state index contributed by atoms with van der Waals surface area (Å²) in [5, 5.41) is 11.1. The lowest BCUT2D eigenvalue weighted by Gasteiger charge is -2.17. The second kappa shape index (κ2) is 4.62. The van der Waals surface area contributed by atoms with E-state index in [1.165, 1.54) is 0 Å². The van der Waals surface area contributed by atoms with E-state index in [1.807, 2.05) is 25.1 Å². The van der Waals surface area contributed by atoms with Gasteiger partial charge in [0, 0.05) is 17.0 Å². The molecule has 1 saturated heterocycles. The summed E-state index contributed by atoms with van der Waals surface area (Å²) < 4.78 is 13.4. The van der Waals surface area contributed by atoms with Gasteiger partial charge in [0.2, 0.25) is 0 Å². The van der Waals surface area contributed by atoms with E-state index in [2.05, 4.69) is 4.98 Å². The van der Waals surface area contributed by atoms with E-state index in [0.717, 1.165) is 16.5 Å². The standard InChI is InChI=1S/C14H14ClFN2O/c1-8-4-14(18-6-11(16)13(19)7-18)17-12-5-9(15)2-3-10(8)12/h2-5,11,13,19H,6-7H2,1H3/t11-,13-/m1/s1. The zero-order valence-corrected chi connectivity index (χ0v) is 11.2. The largest absolute Gasteiger partial charge is 0.388 e. The van der Waals surface area contributed by atoms with Gasteiger partial charge in [-0.3, -0.25) is 0 Å². The third kappa shape index (κ3) is 2.26. The summed E-state index contributed by atoms with van der Waals surface area (Å²) in [7, 11) is 0. The van der Waals surface area contributed by atoms with Gasteiger partial charge >= 0.3 is 0 Å². The molecule has 1 fully saturated rings. The molecule has 0 aliphatic carbocycles. The molecule has 1 aliphatic rings. The van der Waals surface area contributed by atoms with Gasteiger partial charge in [0.05, 0.1) is 12.1 Å². The summed E-state index contributed by atoms with van der Waals surface area (Å²) in [6.07, 6.45) is -2.14. The molecular weight excluding hydrogens is 267 g/mol. The third-order valence-corrected chi connectivity index (χ3v) is 3.74. The molecule has 100 valence electrons. The molecule has 1 aromatic heterocycles. The highest BCUT2D eigenvalue weighted by Gasteiger charge is 2.32. The van der Waals surface area contributed by atoms with Crippen LogP contribution in [0.25, 0.3) is 10.9 Å². The Morgan fingerprint density at radius 2 is 2.16 bits per heavy atom. The van der Waals surface area contributed by atoms with Gasteiger partial charge in [-0.2, -0.15) is 0 Å². The smallest absolute Gasteiger partial charge is 0.145 e. The van der Waals surface area contributed by atoms with Crippen LogP contribution >= 0.6 is 11.6 Å². The number of aryl methyl sites for hydroxylation is 1. The maximum Gasteiger partial charge on any atom is 0.145 e. The number of β-amino-alcohol motifs (C(OH)–C–C–N with tert-alkyl or cyclic N) is 1. The number of alkyl halides is 1. The number of hydrogen-bond donors (Lipinski definition) is 1. The lowest BCUT2D eigenvalue weighted by atomic mass is 10.1. The Morgan fingerprint density at radius 3 is 2.84 bits per heavy atom. The number of rotatable bonds is 1. The van der Waals surface area contributed by atoms with Crippen LogP contribution < -0.4 is 4.90 Å². The molecule has 0 saturated carbocycles. The van der Waals surface area contributed by atoms with Crippen molar-refractivity contribution in [3.63, 3.8) is 0 Å². The lowest BCUT2D eigenvalue weighted by Crippen LogP contribution is -2.22. The van der Waals surface area contributed by atoms with Gasteiger partial charge in [0.1, 0.15) is 18.1 Å². The second-order valence-corrected chi connectivity index (χ2v) is 5.38. The highest BCUT2D eigenvalue weighted by molar-refractivity contribution is 6.31. The minimum atomic E-state index is -1.21. The van der Waals surface area contributed by atoms with Crippen LogP contribution in [0.15, 0.2) is 24.3 Å². The zero-order valence-electron chi connectivity index (χ0n) is 10.5. The number of nitrogens with zero attached hydrogens (tertiary/aromatic N) is 2. The fourth-order valence-corrected chi connectivity index (χ4v) is 2.62. The van der Waals surface area contributed by atoms with Crippen LogP contribution in [0.4, 0.5) is 10.2 Å². The third-order valence-electron chi connectivity index (χ3n) is 3.51. The maximum atomic E-state index is 13.4. The van der Waals surface area contributed by atoms with Crippen molar-refractivity contribution in [1.29, 1.82) is 0 Å². The van der Waals surface area contributed by atoms with Crippen LogP contribution in [0.3, 0.4) is 0 Å². The van der Waals surface area contributed by atoms with E-state index in [1.54, 1.807) is 11.0 Å². The Kier molecular flexibility index (Phi) is 3.07. The van der Waals surface area contributed by atoms with E-state index < -0.39 is 12.3 Å². The van der Waals surface area contributed by atoms with E-state index in [4.69, 9.17) is 11.6 Å². The number of halogens is 2. The molecule has 0 amide bonds. The second-order valence-electron chi connectivity index (χ2n) is 4.95. The zero-order chi connectivity index (χ0) is 13.6. The summed E-state index contributed by atoms with van der Waals surface area (Å²) in [5.41, 5.74) is 1.85. The van der Waals surface area contributed by atoms with Gasteiger partial charge in [-0.05, 0) is 30.7 Å². The fraction of sp³-hybridized carbons (Fsp3) is 0.357. The molecule has 2 atom stereocenters. The molecule has 2 heterocycles. The van der Waals surface area contributed by atoms with Gasteiger partial charge < -0.3 is 10.0 Å². The molecule has 1 aromatic carbocycles. The Morgan fingerprint density at radius 1 is 1.37 bits per heavy atom. The summed E-state index contributed by atoms with van der Waals surface area (Å²) in [6, 6.07) is 7.48. The number of aromatic nitrogens is 1. The van der Waals surface area contributed by atoms with E-state index in [0.29, 0.717) is 10.8 Å². The van der Waals surface area contributed by atoms with Crippen molar-refractivity contribution in [1.82, 2.24) is 4.98 Å². The van der Waals surface area contributed by atoms with Crippen LogP contribution in [-0.4, -0.2) is 35.5 Å². The minimum absolute atomic E-state index is 0.180. The first kappa shape index (κ1) is 12.6. The predicted octanol–water partition coefficient (Wildman–Crippen LogP) is 2.72. The van der Waals surface area contributed by atoms with Crippen molar-refractivity contribution in [2.75, 3.05) is 18.0 Å². The molecule has 3 nitrogen and oxygen atoms in total. The van der Waals surface area contributed by atoms with Gasteiger partial charge in [-0.25, -0.2) is 9.37 Å². The maximum absolute atomic E-state index is 13.4. The normalized spacial score (nSPS) is 23.3. The summed E-state index contributed by atoms with van der Waals surface area (Å²) in [6.45, 7) is 2.44. The Balaban J connectivity index is 2.05. The topological polar surface area (TPSA) is 36.4 Å². The number of aliphatic hydroxyl groups excluding tert-OH is 1. The van der Waals surface area contributed by atoms with Crippen molar-refractivity contribution in [2.45, 2.75) is 19.2 Å². The Labute approximate surface area is 115 Å². The highest BCUT2D eigenvalue weighted by atomic mass is 35.5. The number of pyridine rings is 1. The van der Waals surface area contributed by atoms with Gasteiger partial charge in [-0.15, -0.1) is 0 Å².